The molecule has 0 aromatic heterocycles. The number of anilines is 1. The minimum atomic E-state index is -0.0306. The van der Waals surface area contributed by atoms with Crippen molar-refractivity contribution in [1.82, 2.24) is 10.2 Å². The van der Waals surface area contributed by atoms with Gasteiger partial charge in [-0.25, -0.2) is 4.79 Å². The van der Waals surface area contributed by atoms with Crippen molar-refractivity contribution in [3.05, 3.63) is 65.7 Å². The normalized spacial score (nSPS) is 20.2. The van der Waals surface area contributed by atoms with Crippen LogP contribution >= 0.6 is 0 Å². The van der Waals surface area contributed by atoms with E-state index in [1.165, 1.54) is 18.4 Å². The van der Waals surface area contributed by atoms with Crippen molar-refractivity contribution >= 4 is 11.7 Å². The molecule has 32 heavy (non-hydrogen) atoms. The Morgan fingerprint density at radius 3 is 2.47 bits per heavy atom. The van der Waals surface area contributed by atoms with Crippen molar-refractivity contribution < 1.29 is 4.79 Å². The lowest BCUT2D eigenvalue weighted by atomic mass is 10.0. The molecule has 1 atom stereocenters. The lowest BCUT2D eigenvalue weighted by molar-refractivity contribution is 0.118. The SMILES string of the molecule is N#Cc1cccc(N(C(=O)NC2CCCCN2Cc2ccccc2)C2CCCCCC2)c1. The molecule has 0 spiro atoms. The second kappa shape index (κ2) is 11.2. The lowest BCUT2D eigenvalue weighted by Crippen LogP contribution is -2.56. The predicted molar refractivity (Wildman–Crippen MR) is 128 cm³/mol. The van der Waals surface area contributed by atoms with Crippen molar-refractivity contribution in [2.45, 2.75) is 76.5 Å². The number of carbonyl (C=O) groups excluding carboxylic acids is 1. The van der Waals surface area contributed by atoms with Gasteiger partial charge in [-0.2, -0.15) is 5.26 Å². The molecule has 2 aliphatic rings. The van der Waals surface area contributed by atoms with Gasteiger partial charge in [0, 0.05) is 24.8 Å². The molecule has 5 nitrogen and oxygen atoms in total. The molecule has 2 aromatic rings. The maximum Gasteiger partial charge on any atom is 0.323 e. The average Bonchev–Trinajstić information content (AvgIpc) is 3.11. The molecule has 4 rings (SSSR count). The van der Waals surface area contributed by atoms with Crippen molar-refractivity contribution in [3.63, 3.8) is 0 Å². The molecule has 2 fully saturated rings. The fraction of sp³-hybridized carbons (Fsp3) is 0.481. The van der Waals surface area contributed by atoms with Crippen molar-refractivity contribution in [3.8, 4) is 6.07 Å². The van der Waals surface area contributed by atoms with E-state index >= 15 is 0 Å². The molecular weight excluding hydrogens is 396 g/mol. The molecule has 1 saturated carbocycles. The first-order chi connectivity index (χ1) is 15.7. The Hall–Kier alpha value is -2.84. The summed E-state index contributed by atoms with van der Waals surface area (Å²) in [4.78, 5) is 18.1. The summed E-state index contributed by atoms with van der Waals surface area (Å²) in [6, 6.07) is 20.4. The minimum Gasteiger partial charge on any atom is -0.322 e. The molecule has 1 saturated heterocycles. The Bertz CT molecular complexity index is 915. The topological polar surface area (TPSA) is 59.4 Å². The van der Waals surface area contributed by atoms with Gasteiger partial charge in [0.1, 0.15) is 0 Å². The number of nitrogens with one attached hydrogen (secondary N) is 1. The first-order valence-electron chi connectivity index (χ1n) is 12.1. The number of amides is 2. The van der Waals surface area contributed by atoms with E-state index in [4.69, 9.17) is 0 Å². The summed E-state index contributed by atoms with van der Waals surface area (Å²) >= 11 is 0. The molecule has 1 aliphatic carbocycles. The molecule has 168 valence electrons. The van der Waals surface area contributed by atoms with E-state index < -0.39 is 0 Å². The Morgan fingerprint density at radius 2 is 1.72 bits per heavy atom. The van der Waals surface area contributed by atoms with Crippen LogP contribution in [0.5, 0.6) is 0 Å². The Labute approximate surface area is 192 Å². The molecule has 0 bridgehead atoms. The second-order valence-corrected chi connectivity index (χ2v) is 9.09. The van der Waals surface area contributed by atoms with E-state index in [1.807, 2.05) is 29.2 Å². The van der Waals surface area contributed by atoms with Crippen molar-refractivity contribution in [2.75, 3.05) is 11.4 Å². The zero-order chi connectivity index (χ0) is 22.2. The van der Waals surface area contributed by atoms with Gasteiger partial charge >= 0.3 is 6.03 Å². The molecule has 0 radical (unpaired) electrons. The van der Waals surface area contributed by atoms with Crippen molar-refractivity contribution in [1.29, 1.82) is 5.26 Å². The third-order valence-electron chi connectivity index (χ3n) is 6.79. The number of piperidine rings is 1. The van der Waals surface area contributed by atoms with Crippen LogP contribution in [0.4, 0.5) is 10.5 Å². The first kappa shape index (κ1) is 22.4. The van der Waals surface area contributed by atoms with E-state index in [2.05, 4.69) is 40.6 Å². The van der Waals surface area contributed by atoms with E-state index in [0.29, 0.717) is 5.56 Å². The zero-order valence-electron chi connectivity index (χ0n) is 18.9. The quantitative estimate of drug-likeness (QED) is 0.609. The van der Waals surface area contributed by atoms with Gasteiger partial charge in [0.25, 0.3) is 0 Å². The molecule has 1 N–H and O–H groups in total. The fourth-order valence-electron chi connectivity index (χ4n) is 5.11. The molecule has 1 heterocycles. The number of nitriles is 1. The van der Waals surface area contributed by atoms with Crippen LogP contribution in [0.1, 0.15) is 68.9 Å². The van der Waals surface area contributed by atoms with Crippen LogP contribution in [-0.2, 0) is 6.54 Å². The Kier molecular flexibility index (Phi) is 7.79. The van der Waals surface area contributed by atoms with Crippen LogP contribution in [0.25, 0.3) is 0 Å². The Morgan fingerprint density at radius 1 is 0.969 bits per heavy atom. The third-order valence-corrected chi connectivity index (χ3v) is 6.79. The van der Waals surface area contributed by atoms with E-state index in [-0.39, 0.29) is 18.2 Å². The highest BCUT2D eigenvalue weighted by atomic mass is 16.2. The van der Waals surface area contributed by atoms with Gasteiger partial charge in [-0.05, 0) is 55.9 Å². The van der Waals surface area contributed by atoms with Gasteiger partial charge in [0.15, 0.2) is 0 Å². The van der Waals surface area contributed by atoms with Gasteiger partial charge in [-0.1, -0.05) is 62.1 Å². The highest BCUT2D eigenvalue weighted by molar-refractivity contribution is 5.93. The number of rotatable bonds is 5. The largest absolute Gasteiger partial charge is 0.323 e. The summed E-state index contributed by atoms with van der Waals surface area (Å²) < 4.78 is 0. The van der Waals surface area contributed by atoms with Gasteiger partial charge in [0.2, 0.25) is 0 Å². The summed E-state index contributed by atoms with van der Waals surface area (Å²) in [7, 11) is 0. The molecule has 1 aliphatic heterocycles. The maximum atomic E-state index is 13.7. The monoisotopic (exact) mass is 430 g/mol. The summed E-state index contributed by atoms with van der Waals surface area (Å²) in [6.45, 7) is 1.84. The fourth-order valence-corrected chi connectivity index (χ4v) is 5.11. The van der Waals surface area contributed by atoms with Crippen molar-refractivity contribution in [2.24, 2.45) is 0 Å². The number of urea groups is 1. The number of hydrogen-bond donors (Lipinski definition) is 1. The maximum absolute atomic E-state index is 13.7. The standard InChI is InChI=1S/C27H34N4O/c28-20-23-13-10-16-25(19-23)31(24-14-6-1-2-7-15-24)27(32)29-26-17-8-9-18-30(26)21-22-11-4-3-5-12-22/h3-5,10-13,16,19,24,26H,1-2,6-9,14-15,17-18,21H2,(H,29,32). The van der Waals surface area contributed by atoms with E-state index in [9.17, 15) is 10.1 Å². The van der Waals surface area contributed by atoms with E-state index in [0.717, 1.165) is 63.7 Å². The van der Waals surface area contributed by atoms with Crippen LogP contribution < -0.4 is 10.2 Å². The average molecular weight is 431 g/mol. The number of nitrogens with zero attached hydrogens (tertiary/aromatic N) is 3. The van der Waals surface area contributed by atoms with Crippen LogP contribution in [0.3, 0.4) is 0 Å². The highest BCUT2D eigenvalue weighted by Gasteiger charge is 2.30. The molecule has 2 amide bonds. The van der Waals surface area contributed by atoms with Crippen LogP contribution in [0.15, 0.2) is 54.6 Å². The van der Waals surface area contributed by atoms with Gasteiger partial charge in [0.05, 0.1) is 17.8 Å². The molecular formula is C27H34N4O. The minimum absolute atomic E-state index is 0.0306. The van der Waals surface area contributed by atoms with Gasteiger partial charge < -0.3 is 5.32 Å². The summed E-state index contributed by atoms with van der Waals surface area (Å²) in [5.41, 5.74) is 2.70. The van der Waals surface area contributed by atoms with Gasteiger partial charge in [-0.3, -0.25) is 9.80 Å². The number of hydrogen-bond acceptors (Lipinski definition) is 3. The second-order valence-electron chi connectivity index (χ2n) is 9.09. The number of likely N-dealkylation sites (tertiary alicyclic amines) is 1. The van der Waals surface area contributed by atoms with Crippen LogP contribution in [-0.4, -0.2) is 29.7 Å². The number of carbonyl (C=O) groups is 1. The highest BCUT2D eigenvalue weighted by Crippen LogP contribution is 2.28. The first-order valence-corrected chi connectivity index (χ1v) is 12.1. The molecule has 5 heteroatoms. The Balaban J connectivity index is 1.54. The summed E-state index contributed by atoms with van der Waals surface area (Å²) in [5, 5.41) is 12.8. The third kappa shape index (κ3) is 5.69. The zero-order valence-corrected chi connectivity index (χ0v) is 18.9. The lowest BCUT2D eigenvalue weighted by Gasteiger charge is -2.39. The molecule has 2 aromatic carbocycles. The smallest absolute Gasteiger partial charge is 0.322 e. The molecule has 1 unspecified atom stereocenters. The summed E-state index contributed by atoms with van der Waals surface area (Å²) in [5.74, 6) is 0. The van der Waals surface area contributed by atoms with E-state index in [1.54, 1.807) is 6.07 Å². The van der Waals surface area contributed by atoms with Gasteiger partial charge in [-0.15, -0.1) is 0 Å². The van der Waals surface area contributed by atoms with Crippen LogP contribution in [0, 0.1) is 11.3 Å². The number of benzene rings is 2. The predicted octanol–water partition coefficient (Wildman–Crippen LogP) is 5.81. The summed E-state index contributed by atoms with van der Waals surface area (Å²) in [6.07, 6.45) is 10.1. The van der Waals surface area contributed by atoms with Crippen LogP contribution in [0.2, 0.25) is 0 Å².